The van der Waals surface area contributed by atoms with Gasteiger partial charge in [0.05, 0.1) is 9.75 Å². The van der Waals surface area contributed by atoms with Crippen LogP contribution in [-0.2, 0) is 13.0 Å². The largest absolute Gasteiger partial charge is 0.333 e. The van der Waals surface area contributed by atoms with Crippen LogP contribution >= 0.6 is 22.7 Å². The molecule has 26 heavy (non-hydrogen) atoms. The van der Waals surface area contributed by atoms with Crippen molar-refractivity contribution in [1.82, 2.24) is 4.90 Å². The highest BCUT2D eigenvalue weighted by atomic mass is 32.1. The van der Waals surface area contributed by atoms with Crippen LogP contribution in [0.1, 0.15) is 36.0 Å². The summed E-state index contributed by atoms with van der Waals surface area (Å²) in [4.78, 5) is 28.3. The van der Waals surface area contributed by atoms with Crippen LogP contribution in [0.3, 0.4) is 0 Å². The zero-order valence-corrected chi connectivity index (χ0v) is 16.0. The van der Waals surface area contributed by atoms with Crippen molar-refractivity contribution in [3.63, 3.8) is 0 Å². The summed E-state index contributed by atoms with van der Waals surface area (Å²) in [5.41, 5.74) is 4.20. The Hall–Kier alpha value is -2.44. The number of nitrogens with one attached hydrogen (secondary N) is 1. The Morgan fingerprint density at radius 3 is 2.69 bits per heavy atom. The van der Waals surface area contributed by atoms with Gasteiger partial charge in [-0.3, -0.25) is 9.59 Å². The molecule has 4 rings (SSSR count). The summed E-state index contributed by atoms with van der Waals surface area (Å²) in [6.45, 7) is 3.28. The fourth-order valence-corrected chi connectivity index (χ4v) is 4.59. The third kappa shape index (κ3) is 3.43. The molecule has 0 unspecified atom stereocenters. The minimum Gasteiger partial charge on any atom is -0.333 e. The molecule has 0 atom stereocenters. The first-order valence-electron chi connectivity index (χ1n) is 8.41. The Morgan fingerprint density at radius 2 is 1.96 bits per heavy atom. The van der Waals surface area contributed by atoms with Crippen molar-refractivity contribution >= 4 is 40.2 Å². The van der Waals surface area contributed by atoms with Crippen molar-refractivity contribution in [2.45, 2.75) is 19.9 Å². The first kappa shape index (κ1) is 17.0. The number of nitrogens with zero attached hydrogens (tertiary/aromatic N) is 1. The molecule has 3 aromatic rings. The number of carbonyl (C=O) groups excluding carboxylic acids is 2. The smallest absolute Gasteiger partial charge is 0.265 e. The third-order valence-electron chi connectivity index (χ3n) is 4.45. The van der Waals surface area contributed by atoms with E-state index >= 15 is 0 Å². The highest BCUT2D eigenvalue weighted by Gasteiger charge is 2.22. The first-order chi connectivity index (χ1) is 12.6. The van der Waals surface area contributed by atoms with Gasteiger partial charge in [0.2, 0.25) is 0 Å². The molecule has 0 radical (unpaired) electrons. The maximum Gasteiger partial charge on any atom is 0.265 e. The maximum atomic E-state index is 12.6. The minimum absolute atomic E-state index is 0.0779. The number of rotatable bonds is 3. The van der Waals surface area contributed by atoms with Crippen LogP contribution < -0.4 is 5.32 Å². The highest BCUT2D eigenvalue weighted by molar-refractivity contribution is 7.12. The Balaban J connectivity index is 1.50. The number of carbonyl (C=O) groups is 2. The van der Waals surface area contributed by atoms with Crippen LogP contribution in [0, 0.1) is 6.92 Å². The van der Waals surface area contributed by atoms with Crippen molar-refractivity contribution < 1.29 is 9.59 Å². The van der Waals surface area contributed by atoms with E-state index in [1.54, 1.807) is 0 Å². The molecule has 1 aliphatic heterocycles. The Morgan fingerprint density at radius 1 is 1.08 bits per heavy atom. The summed E-state index contributed by atoms with van der Waals surface area (Å²) < 4.78 is 0. The third-order valence-corrected chi connectivity index (χ3v) is 6.35. The molecule has 0 aliphatic carbocycles. The molecule has 2 aromatic heterocycles. The summed E-state index contributed by atoms with van der Waals surface area (Å²) in [7, 11) is 0. The van der Waals surface area contributed by atoms with Gasteiger partial charge in [-0.05, 0) is 65.1 Å². The Bertz CT molecular complexity index is 960. The van der Waals surface area contributed by atoms with Crippen LogP contribution in [0.25, 0.3) is 0 Å². The molecule has 4 nitrogen and oxygen atoms in total. The maximum absolute atomic E-state index is 12.6. The van der Waals surface area contributed by atoms with Gasteiger partial charge in [0, 0.05) is 18.8 Å². The molecule has 0 spiro atoms. The predicted molar refractivity (Wildman–Crippen MR) is 106 cm³/mol. The van der Waals surface area contributed by atoms with E-state index in [-0.39, 0.29) is 11.8 Å². The van der Waals surface area contributed by atoms with Gasteiger partial charge in [0.1, 0.15) is 0 Å². The normalized spacial score (nSPS) is 13.3. The average molecular weight is 383 g/mol. The van der Waals surface area contributed by atoms with Gasteiger partial charge in [-0.25, -0.2) is 0 Å². The average Bonchev–Trinajstić information content (AvgIpc) is 3.32. The molecule has 3 heterocycles. The quantitative estimate of drug-likeness (QED) is 0.721. The van der Waals surface area contributed by atoms with Crippen LogP contribution in [0.5, 0.6) is 0 Å². The lowest BCUT2D eigenvalue weighted by molar-refractivity contribution is 0.0739. The number of hydrogen-bond donors (Lipinski definition) is 1. The first-order valence-corrected chi connectivity index (χ1v) is 10.2. The topological polar surface area (TPSA) is 49.4 Å². The van der Waals surface area contributed by atoms with E-state index in [2.05, 4.69) is 11.4 Å². The van der Waals surface area contributed by atoms with E-state index in [1.807, 2.05) is 52.9 Å². The zero-order valence-electron chi connectivity index (χ0n) is 14.3. The number of fused-ring (bicyclic) bond motifs is 1. The monoisotopic (exact) mass is 382 g/mol. The summed E-state index contributed by atoms with van der Waals surface area (Å²) in [6, 6.07) is 11.6. The van der Waals surface area contributed by atoms with Gasteiger partial charge < -0.3 is 10.2 Å². The van der Waals surface area contributed by atoms with Crippen LogP contribution in [-0.4, -0.2) is 23.3 Å². The summed E-state index contributed by atoms with van der Waals surface area (Å²) in [5.74, 6) is -0.0143. The van der Waals surface area contributed by atoms with Gasteiger partial charge in [-0.15, -0.1) is 22.7 Å². The van der Waals surface area contributed by atoms with Crippen molar-refractivity contribution in [3.05, 3.63) is 73.6 Å². The van der Waals surface area contributed by atoms with Crippen molar-refractivity contribution in [1.29, 1.82) is 0 Å². The summed E-state index contributed by atoms with van der Waals surface area (Å²) >= 11 is 2.91. The van der Waals surface area contributed by atoms with E-state index in [0.717, 1.165) is 34.7 Å². The van der Waals surface area contributed by atoms with Gasteiger partial charge in [0.25, 0.3) is 11.8 Å². The van der Waals surface area contributed by atoms with Crippen LogP contribution in [0.2, 0.25) is 0 Å². The fraction of sp³-hybridized carbons (Fsp3) is 0.200. The molecule has 0 fully saturated rings. The minimum atomic E-state index is -0.0922. The second-order valence-electron chi connectivity index (χ2n) is 6.38. The second kappa shape index (κ2) is 7.05. The lowest BCUT2D eigenvalue weighted by Gasteiger charge is -2.29. The summed E-state index contributed by atoms with van der Waals surface area (Å²) in [5, 5.41) is 6.85. The standard InChI is InChI=1S/C20H18N2O2S2/c1-13-9-18(26-12-13)19(23)21-16-5-4-14-6-7-22(11-15(14)10-16)20(24)17-3-2-8-25-17/h2-5,8-10,12H,6-7,11H2,1H3,(H,21,23). The van der Waals surface area contributed by atoms with E-state index in [4.69, 9.17) is 0 Å². The van der Waals surface area contributed by atoms with Crippen molar-refractivity contribution in [2.75, 3.05) is 11.9 Å². The van der Waals surface area contributed by atoms with Crippen LogP contribution in [0.15, 0.2) is 47.2 Å². The van der Waals surface area contributed by atoms with E-state index in [9.17, 15) is 9.59 Å². The molecule has 0 saturated carbocycles. The van der Waals surface area contributed by atoms with Crippen molar-refractivity contribution in [3.8, 4) is 0 Å². The van der Waals surface area contributed by atoms with Crippen molar-refractivity contribution in [2.24, 2.45) is 0 Å². The molecule has 0 saturated heterocycles. The zero-order chi connectivity index (χ0) is 18.1. The Kier molecular flexibility index (Phi) is 4.61. The number of aryl methyl sites for hydroxylation is 1. The fourth-order valence-electron chi connectivity index (χ4n) is 3.11. The van der Waals surface area contributed by atoms with E-state index in [1.165, 1.54) is 28.2 Å². The molecule has 6 heteroatoms. The van der Waals surface area contributed by atoms with Crippen LogP contribution in [0.4, 0.5) is 5.69 Å². The van der Waals surface area contributed by atoms with Gasteiger partial charge >= 0.3 is 0 Å². The molecule has 0 bridgehead atoms. The SMILES string of the molecule is Cc1csc(C(=O)Nc2ccc3c(c2)CN(C(=O)c2cccs2)CC3)c1. The molecular formula is C20H18N2O2S2. The number of anilines is 1. The van der Waals surface area contributed by atoms with E-state index < -0.39 is 0 Å². The number of thiophene rings is 2. The summed E-state index contributed by atoms with van der Waals surface area (Å²) in [6.07, 6.45) is 0.838. The lowest BCUT2D eigenvalue weighted by atomic mass is 9.99. The predicted octanol–water partition coefficient (Wildman–Crippen LogP) is 4.57. The second-order valence-corrected chi connectivity index (χ2v) is 8.24. The lowest BCUT2D eigenvalue weighted by Crippen LogP contribution is -2.35. The molecule has 1 aromatic carbocycles. The van der Waals surface area contributed by atoms with Gasteiger partial charge in [0.15, 0.2) is 0 Å². The highest BCUT2D eigenvalue weighted by Crippen LogP contribution is 2.25. The Labute approximate surface area is 160 Å². The van der Waals surface area contributed by atoms with Gasteiger partial charge in [-0.2, -0.15) is 0 Å². The number of amides is 2. The molecule has 132 valence electrons. The molecule has 2 amide bonds. The van der Waals surface area contributed by atoms with Gasteiger partial charge in [-0.1, -0.05) is 12.1 Å². The number of benzene rings is 1. The molecule has 1 N–H and O–H groups in total. The molecule has 1 aliphatic rings. The molecular weight excluding hydrogens is 364 g/mol. The number of hydrogen-bond acceptors (Lipinski definition) is 4. The van der Waals surface area contributed by atoms with E-state index in [0.29, 0.717) is 11.4 Å².